The van der Waals surface area contributed by atoms with Crippen molar-refractivity contribution in [3.63, 3.8) is 0 Å². The molecule has 1 heterocycles. The predicted octanol–water partition coefficient (Wildman–Crippen LogP) is 2.85. The maximum Gasteiger partial charge on any atom is 0.409 e. The zero-order valence-corrected chi connectivity index (χ0v) is 12.7. The summed E-state index contributed by atoms with van der Waals surface area (Å²) in [5, 5.41) is 4.30. The van der Waals surface area contributed by atoms with E-state index in [-0.39, 0.29) is 6.09 Å². The lowest BCUT2D eigenvalue weighted by molar-refractivity contribution is 0.103. The van der Waals surface area contributed by atoms with E-state index in [9.17, 15) is 4.79 Å². The fourth-order valence-electron chi connectivity index (χ4n) is 2.47. The second kappa shape index (κ2) is 9.40. The van der Waals surface area contributed by atoms with E-state index in [0.29, 0.717) is 13.2 Å². The highest BCUT2D eigenvalue weighted by atomic mass is 16.6. The second-order valence-electron chi connectivity index (χ2n) is 5.42. The molecule has 21 heavy (non-hydrogen) atoms. The lowest BCUT2D eigenvalue weighted by Gasteiger charge is -2.19. The van der Waals surface area contributed by atoms with Gasteiger partial charge in [-0.25, -0.2) is 10.1 Å². The number of rotatable bonds is 6. The van der Waals surface area contributed by atoms with Crippen LogP contribution in [0.25, 0.3) is 0 Å². The highest BCUT2D eigenvalue weighted by Crippen LogP contribution is 2.07. The molecule has 1 aliphatic heterocycles. The molecule has 0 aliphatic carbocycles. The Morgan fingerprint density at radius 3 is 2.81 bits per heavy atom. The van der Waals surface area contributed by atoms with Crippen molar-refractivity contribution < 1.29 is 9.53 Å². The summed E-state index contributed by atoms with van der Waals surface area (Å²) in [6.07, 6.45) is 5.06. The molecule has 0 N–H and O–H groups in total. The van der Waals surface area contributed by atoms with Crippen molar-refractivity contribution in [2.45, 2.75) is 32.1 Å². The van der Waals surface area contributed by atoms with Crippen LogP contribution < -0.4 is 5.32 Å². The predicted molar refractivity (Wildman–Crippen MR) is 83.4 cm³/mol. The van der Waals surface area contributed by atoms with Gasteiger partial charge >= 0.3 is 6.09 Å². The first-order valence-corrected chi connectivity index (χ1v) is 7.95. The van der Waals surface area contributed by atoms with Gasteiger partial charge in [0.2, 0.25) is 0 Å². The van der Waals surface area contributed by atoms with E-state index >= 15 is 0 Å². The van der Waals surface area contributed by atoms with Gasteiger partial charge in [-0.3, -0.25) is 0 Å². The van der Waals surface area contributed by atoms with Crippen LogP contribution in [0, 0.1) is 0 Å². The van der Waals surface area contributed by atoms with Gasteiger partial charge in [-0.15, -0.1) is 0 Å². The van der Waals surface area contributed by atoms with Gasteiger partial charge < -0.3 is 9.64 Å². The Balaban J connectivity index is 1.52. The van der Waals surface area contributed by atoms with Crippen LogP contribution in [0.2, 0.25) is 0 Å². The van der Waals surface area contributed by atoms with Crippen LogP contribution in [-0.2, 0) is 11.2 Å². The third kappa shape index (κ3) is 6.17. The Morgan fingerprint density at radius 1 is 1.10 bits per heavy atom. The molecular weight excluding hydrogens is 264 g/mol. The molecule has 4 nitrogen and oxygen atoms in total. The third-order valence-electron chi connectivity index (χ3n) is 3.71. The highest BCUT2D eigenvalue weighted by Gasteiger charge is 2.16. The van der Waals surface area contributed by atoms with Crippen molar-refractivity contribution in [2.75, 3.05) is 32.8 Å². The van der Waals surface area contributed by atoms with Crippen molar-refractivity contribution in [3.05, 3.63) is 35.9 Å². The highest BCUT2D eigenvalue weighted by molar-refractivity contribution is 5.67. The number of hydrogen-bond acceptors (Lipinski definition) is 2. The molecule has 0 saturated carbocycles. The lowest BCUT2D eigenvalue weighted by atomic mass is 10.1. The minimum atomic E-state index is -0.171. The molecule has 1 aromatic carbocycles. The number of ether oxygens (including phenoxy) is 1. The minimum absolute atomic E-state index is 0.171. The van der Waals surface area contributed by atoms with Crippen molar-refractivity contribution >= 4 is 6.09 Å². The zero-order chi connectivity index (χ0) is 14.8. The summed E-state index contributed by atoms with van der Waals surface area (Å²) in [5.74, 6) is 0. The number of unbranched alkanes of at least 4 members (excludes halogenated alkanes) is 2. The molecule has 2 rings (SSSR count). The molecule has 0 unspecified atom stereocenters. The number of carbonyl (C=O) groups excluding carboxylic acids is 1. The third-order valence-corrected chi connectivity index (χ3v) is 3.71. The Hall–Kier alpha value is -1.55. The van der Waals surface area contributed by atoms with E-state index in [2.05, 4.69) is 29.6 Å². The molecule has 1 aliphatic rings. The van der Waals surface area contributed by atoms with Crippen LogP contribution in [0.1, 0.15) is 31.2 Å². The van der Waals surface area contributed by atoms with Gasteiger partial charge in [-0.2, -0.15) is 0 Å². The van der Waals surface area contributed by atoms with Crippen LogP contribution >= 0.6 is 0 Å². The molecule has 1 saturated heterocycles. The first-order chi connectivity index (χ1) is 10.4. The fraction of sp³-hybridized carbons (Fsp3) is 0.588. The van der Waals surface area contributed by atoms with Gasteiger partial charge in [0.1, 0.15) is 0 Å². The molecule has 115 valence electrons. The average Bonchev–Trinajstić information content (AvgIpc) is 2.81. The van der Waals surface area contributed by atoms with Gasteiger partial charge in [-0.05, 0) is 37.7 Å². The SMILES string of the molecule is O=C(OCCCCCc1ccccc1)N1CCC[N]CC1. The van der Waals surface area contributed by atoms with Crippen molar-refractivity contribution in [1.29, 1.82) is 0 Å². The summed E-state index contributed by atoms with van der Waals surface area (Å²) in [5.41, 5.74) is 1.38. The monoisotopic (exact) mass is 289 g/mol. The van der Waals surface area contributed by atoms with E-state index in [1.54, 1.807) is 4.90 Å². The Labute approximate surface area is 127 Å². The Bertz CT molecular complexity index is 401. The number of aryl methyl sites for hydroxylation is 1. The maximum absolute atomic E-state index is 11.9. The number of benzene rings is 1. The van der Waals surface area contributed by atoms with Crippen LogP contribution in [0.15, 0.2) is 30.3 Å². The van der Waals surface area contributed by atoms with Gasteiger partial charge in [0, 0.05) is 26.2 Å². The summed E-state index contributed by atoms with van der Waals surface area (Å²) in [6.45, 7) is 3.61. The quantitative estimate of drug-likeness (QED) is 0.756. The summed E-state index contributed by atoms with van der Waals surface area (Å²) < 4.78 is 5.33. The van der Waals surface area contributed by atoms with E-state index in [0.717, 1.165) is 51.7 Å². The van der Waals surface area contributed by atoms with E-state index in [1.165, 1.54) is 5.56 Å². The minimum Gasteiger partial charge on any atom is -0.449 e. The van der Waals surface area contributed by atoms with E-state index in [1.807, 2.05) is 6.07 Å². The first kappa shape index (κ1) is 15.8. The van der Waals surface area contributed by atoms with Gasteiger partial charge in [0.05, 0.1) is 6.61 Å². The van der Waals surface area contributed by atoms with E-state index in [4.69, 9.17) is 4.74 Å². The molecule has 1 amide bonds. The summed E-state index contributed by atoms with van der Waals surface area (Å²) in [4.78, 5) is 13.6. The van der Waals surface area contributed by atoms with Gasteiger partial charge in [0.25, 0.3) is 0 Å². The summed E-state index contributed by atoms with van der Waals surface area (Å²) in [6, 6.07) is 10.5. The molecule has 0 aromatic heterocycles. The first-order valence-electron chi connectivity index (χ1n) is 7.95. The second-order valence-corrected chi connectivity index (χ2v) is 5.42. The number of amides is 1. The molecule has 4 heteroatoms. The molecule has 1 aromatic rings. The average molecular weight is 289 g/mol. The number of nitrogens with zero attached hydrogens (tertiary/aromatic N) is 2. The molecule has 1 fully saturated rings. The maximum atomic E-state index is 11.9. The molecule has 1 radical (unpaired) electrons. The zero-order valence-electron chi connectivity index (χ0n) is 12.7. The van der Waals surface area contributed by atoms with Gasteiger partial charge in [0.15, 0.2) is 0 Å². The Kier molecular flexibility index (Phi) is 7.08. The summed E-state index contributed by atoms with van der Waals surface area (Å²) >= 11 is 0. The van der Waals surface area contributed by atoms with Gasteiger partial charge in [-0.1, -0.05) is 30.3 Å². The largest absolute Gasteiger partial charge is 0.449 e. The van der Waals surface area contributed by atoms with Crippen LogP contribution in [0.5, 0.6) is 0 Å². The fourth-order valence-corrected chi connectivity index (χ4v) is 2.47. The lowest BCUT2D eigenvalue weighted by Crippen LogP contribution is -2.34. The number of carbonyl (C=O) groups is 1. The van der Waals surface area contributed by atoms with E-state index < -0.39 is 0 Å². The van der Waals surface area contributed by atoms with Crippen LogP contribution in [0.4, 0.5) is 4.79 Å². The molecule has 0 bridgehead atoms. The standard InChI is InChI=1S/C17H25N2O2/c20-17(19-13-7-11-18-12-14-19)21-15-6-2-5-10-16-8-3-1-4-9-16/h1,3-4,8-9H,2,5-7,10-15H2. The molecule has 0 atom stereocenters. The normalized spacial score (nSPS) is 15.5. The van der Waals surface area contributed by atoms with Crippen LogP contribution in [0.3, 0.4) is 0 Å². The number of hydrogen-bond donors (Lipinski definition) is 0. The molecular formula is C17H25N2O2. The summed E-state index contributed by atoms with van der Waals surface area (Å²) in [7, 11) is 0. The Morgan fingerprint density at radius 2 is 1.95 bits per heavy atom. The van der Waals surface area contributed by atoms with Crippen molar-refractivity contribution in [3.8, 4) is 0 Å². The topological polar surface area (TPSA) is 43.6 Å². The van der Waals surface area contributed by atoms with Crippen molar-refractivity contribution in [2.24, 2.45) is 0 Å². The smallest absolute Gasteiger partial charge is 0.409 e. The van der Waals surface area contributed by atoms with Crippen LogP contribution in [-0.4, -0.2) is 43.8 Å². The molecule has 0 spiro atoms. The van der Waals surface area contributed by atoms with Crippen molar-refractivity contribution in [1.82, 2.24) is 10.2 Å².